The molecule has 0 saturated carbocycles. The fraction of sp³-hybridized carbons (Fsp3) is 0.400. The van der Waals surface area contributed by atoms with E-state index in [1.807, 2.05) is 36.4 Å². The molecule has 0 aliphatic carbocycles. The Morgan fingerprint density at radius 3 is 2.48 bits per heavy atom. The molecule has 5 N–H and O–H groups in total. The second-order valence-corrected chi connectivity index (χ2v) is 9.39. The molecule has 1 saturated heterocycles. The number of benzene rings is 2. The van der Waals surface area contributed by atoms with Crippen molar-refractivity contribution in [3.8, 4) is 17.0 Å². The zero-order valence-electron chi connectivity index (χ0n) is 22.9. The van der Waals surface area contributed by atoms with Gasteiger partial charge in [0.1, 0.15) is 12.4 Å². The van der Waals surface area contributed by atoms with Gasteiger partial charge in [0.25, 0.3) is 0 Å². The SMILES string of the molecule is C1=C/COCc2cc(ccc2OCCN2CCCC2)Nc2nccc(n2)-c2cccc(c2)COC/1.NCCN.[PtH]. The van der Waals surface area contributed by atoms with Crippen molar-refractivity contribution in [3.63, 3.8) is 0 Å². The molecule has 10 heteroatoms. The Kier molecular flexibility index (Phi) is 14.3. The minimum absolute atomic E-state index is 0. The number of anilines is 2. The van der Waals surface area contributed by atoms with E-state index in [9.17, 15) is 0 Å². The average Bonchev–Trinajstić information content (AvgIpc) is 3.49. The molecule has 3 aromatic rings. The van der Waals surface area contributed by atoms with E-state index in [0.29, 0.717) is 52.1 Å². The first-order valence-electron chi connectivity index (χ1n) is 13.6. The number of hydrogen-bond acceptors (Lipinski definition) is 9. The monoisotopic (exact) mass is 728 g/mol. The van der Waals surface area contributed by atoms with Gasteiger partial charge in [-0.25, -0.2) is 9.97 Å². The molecular formula is C30H41N6O3Pt. The van der Waals surface area contributed by atoms with Crippen LogP contribution in [0.25, 0.3) is 11.3 Å². The molecule has 3 heterocycles. The summed E-state index contributed by atoms with van der Waals surface area (Å²) in [5.74, 6) is 1.39. The topological polar surface area (TPSA) is 121 Å². The molecule has 40 heavy (non-hydrogen) atoms. The van der Waals surface area contributed by atoms with Crippen molar-refractivity contribution < 1.29 is 35.3 Å². The van der Waals surface area contributed by atoms with Crippen LogP contribution in [0.15, 0.2) is 66.9 Å². The van der Waals surface area contributed by atoms with Crippen LogP contribution in [0.2, 0.25) is 0 Å². The molecule has 0 spiro atoms. The molecule has 2 aliphatic heterocycles. The van der Waals surface area contributed by atoms with Crippen molar-refractivity contribution in [1.82, 2.24) is 14.9 Å². The molecular weight excluding hydrogens is 687 g/mol. The molecule has 0 radical (unpaired) electrons. The van der Waals surface area contributed by atoms with Crippen molar-refractivity contribution in [2.45, 2.75) is 26.1 Å². The van der Waals surface area contributed by atoms with E-state index in [0.717, 1.165) is 40.4 Å². The van der Waals surface area contributed by atoms with E-state index in [-0.39, 0.29) is 21.1 Å². The molecule has 0 atom stereocenters. The third-order valence-electron chi connectivity index (χ3n) is 6.35. The van der Waals surface area contributed by atoms with Gasteiger partial charge in [0.15, 0.2) is 0 Å². The van der Waals surface area contributed by atoms with E-state index < -0.39 is 0 Å². The Balaban J connectivity index is 0.000000828. The number of hydrogen-bond donors (Lipinski definition) is 3. The summed E-state index contributed by atoms with van der Waals surface area (Å²) >= 11 is 0. The molecule has 0 unspecified atom stereocenters. The summed E-state index contributed by atoms with van der Waals surface area (Å²) in [6.45, 7) is 7.18. The molecule has 5 rings (SSSR count). The van der Waals surface area contributed by atoms with E-state index >= 15 is 0 Å². The summed E-state index contributed by atoms with van der Waals surface area (Å²) in [6.07, 6.45) is 8.33. The van der Waals surface area contributed by atoms with Crippen molar-refractivity contribution >= 4 is 11.6 Å². The fourth-order valence-electron chi connectivity index (χ4n) is 4.35. The third kappa shape index (κ3) is 10.4. The molecule has 6 bridgehead atoms. The Bertz CT molecular complexity index is 1190. The van der Waals surface area contributed by atoms with Crippen LogP contribution in [0.1, 0.15) is 24.0 Å². The first kappa shape index (κ1) is 31.9. The minimum atomic E-state index is 0. The van der Waals surface area contributed by atoms with Crippen LogP contribution in [0, 0.1) is 0 Å². The van der Waals surface area contributed by atoms with Gasteiger partial charge in [-0.05, 0) is 61.8 Å². The summed E-state index contributed by atoms with van der Waals surface area (Å²) < 4.78 is 17.9. The van der Waals surface area contributed by atoms with E-state index in [4.69, 9.17) is 30.7 Å². The first-order chi connectivity index (χ1) is 19.2. The Labute approximate surface area is 251 Å². The molecule has 2 aromatic carbocycles. The van der Waals surface area contributed by atoms with Gasteiger partial charge in [0.05, 0.1) is 32.1 Å². The van der Waals surface area contributed by atoms with Crippen LogP contribution in [0.4, 0.5) is 11.6 Å². The quantitative estimate of drug-likeness (QED) is 0.339. The van der Waals surface area contributed by atoms with Gasteiger partial charge in [0, 0.05) is 42.6 Å². The predicted molar refractivity (Wildman–Crippen MR) is 156 cm³/mol. The summed E-state index contributed by atoms with van der Waals surface area (Å²) in [7, 11) is 0. The Morgan fingerprint density at radius 2 is 1.70 bits per heavy atom. The van der Waals surface area contributed by atoms with Crippen LogP contribution >= 0.6 is 0 Å². The van der Waals surface area contributed by atoms with E-state index in [1.165, 1.54) is 25.9 Å². The van der Waals surface area contributed by atoms with Crippen molar-refractivity contribution in [2.24, 2.45) is 11.5 Å². The molecule has 2 aliphatic rings. The number of nitrogens with one attached hydrogen (secondary N) is 1. The number of nitrogens with zero attached hydrogens (tertiary/aromatic N) is 3. The average molecular weight is 729 g/mol. The summed E-state index contributed by atoms with van der Waals surface area (Å²) in [5, 5.41) is 3.34. The van der Waals surface area contributed by atoms with Gasteiger partial charge in [0.2, 0.25) is 5.95 Å². The van der Waals surface area contributed by atoms with E-state index in [1.54, 1.807) is 6.20 Å². The molecule has 1 aromatic heterocycles. The van der Waals surface area contributed by atoms with Crippen LogP contribution in [-0.4, -0.2) is 67.4 Å². The number of aromatic nitrogens is 2. The van der Waals surface area contributed by atoms with Gasteiger partial charge < -0.3 is 31.0 Å². The van der Waals surface area contributed by atoms with Crippen molar-refractivity contribution in [2.75, 3.05) is 57.9 Å². The Hall–Kier alpha value is -2.65. The first-order valence-corrected chi connectivity index (χ1v) is 13.6. The molecule has 9 nitrogen and oxygen atoms in total. The van der Waals surface area contributed by atoms with Crippen LogP contribution in [0.5, 0.6) is 5.75 Å². The fourth-order valence-corrected chi connectivity index (χ4v) is 4.35. The number of likely N-dealkylation sites (tertiary alicyclic amines) is 1. The predicted octanol–water partition coefficient (Wildman–Crippen LogP) is 3.60. The second-order valence-electron chi connectivity index (χ2n) is 9.39. The van der Waals surface area contributed by atoms with Crippen molar-refractivity contribution in [1.29, 1.82) is 0 Å². The van der Waals surface area contributed by atoms with Crippen LogP contribution in [0.3, 0.4) is 0 Å². The van der Waals surface area contributed by atoms with Crippen LogP contribution < -0.4 is 21.5 Å². The van der Waals surface area contributed by atoms with Crippen LogP contribution in [-0.2, 0) is 43.8 Å². The number of ether oxygens (including phenoxy) is 3. The van der Waals surface area contributed by atoms with Gasteiger partial charge in [-0.15, -0.1) is 0 Å². The number of nitrogens with two attached hydrogens (primary N) is 2. The third-order valence-corrected chi connectivity index (χ3v) is 6.35. The second kappa shape index (κ2) is 17.9. The number of rotatable bonds is 5. The normalized spacial score (nSPS) is 16.2. The molecule has 0 amide bonds. The maximum atomic E-state index is 6.16. The van der Waals surface area contributed by atoms with Crippen molar-refractivity contribution in [3.05, 3.63) is 78.0 Å². The summed E-state index contributed by atoms with van der Waals surface area (Å²) in [5.41, 5.74) is 14.7. The van der Waals surface area contributed by atoms with E-state index in [2.05, 4.69) is 39.5 Å². The number of fused-ring (bicyclic) bond motifs is 7. The van der Waals surface area contributed by atoms with Gasteiger partial charge >= 0.3 is 21.1 Å². The standard InChI is InChI=1S/C28H32N4O3.C2H8N2.Pt.H/c1-2-13-32(12-1)14-17-35-27-9-8-25-19-24(27)21-34-16-4-3-15-33-20-22-6-5-7-23(18-22)26-10-11-29-28(30-25)31-26;3-1-2-4;;/h3-11,18-19H,1-2,12-17,20-21H2,(H,29,30,31);1-4H2;;/b4-3+;;;. The maximum absolute atomic E-state index is 6.16. The zero-order chi connectivity index (χ0) is 27.1. The summed E-state index contributed by atoms with van der Waals surface area (Å²) in [4.78, 5) is 11.6. The summed E-state index contributed by atoms with van der Waals surface area (Å²) in [6, 6.07) is 16.2. The molecule has 219 valence electrons. The zero-order valence-corrected chi connectivity index (χ0v) is 25.3. The van der Waals surface area contributed by atoms with Gasteiger partial charge in [-0.2, -0.15) is 0 Å². The van der Waals surface area contributed by atoms with Gasteiger partial charge in [-0.1, -0.05) is 30.4 Å². The Morgan fingerprint density at radius 1 is 0.925 bits per heavy atom. The van der Waals surface area contributed by atoms with Gasteiger partial charge in [-0.3, -0.25) is 4.90 Å². The molecule has 1 fully saturated rings.